The third-order valence-electron chi connectivity index (χ3n) is 3.57. The number of carboxylic acids is 1. The number of nitrogens with zero attached hydrogens (tertiary/aromatic N) is 1. The molecule has 1 aromatic heterocycles. The summed E-state index contributed by atoms with van der Waals surface area (Å²) in [7, 11) is 0. The van der Waals surface area contributed by atoms with E-state index in [1.54, 1.807) is 6.07 Å². The molecule has 1 aliphatic heterocycles. The summed E-state index contributed by atoms with van der Waals surface area (Å²) < 4.78 is 0. The van der Waals surface area contributed by atoms with Crippen LogP contribution in [0.5, 0.6) is 0 Å². The molecule has 1 fully saturated rings. The minimum absolute atomic E-state index is 0.266. The maximum Gasteiger partial charge on any atom is 0.326 e. The van der Waals surface area contributed by atoms with Gasteiger partial charge in [0, 0.05) is 23.9 Å². The van der Waals surface area contributed by atoms with Gasteiger partial charge in [0.1, 0.15) is 6.04 Å². The Morgan fingerprint density at radius 1 is 1.43 bits per heavy atom. The van der Waals surface area contributed by atoms with Crippen LogP contribution in [0.15, 0.2) is 16.9 Å². The van der Waals surface area contributed by atoms with Crippen molar-refractivity contribution in [1.29, 1.82) is 0 Å². The van der Waals surface area contributed by atoms with Crippen LogP contribution in [0, 0.1) is 5.92 Å². The summed E-state index contributed by atoms with van der Waals surface area (Å²) in [4.78, 5) is 39.4. The highest BCUT2D eigenvalue weighted by atomic mass is 16.4. The Bertz CT molecular complexity index is 606. The number of aliphatic carboxylic acids is 1. The molecule has 1 aliphatic rings. The van der Waals surface area contributed by atoms with Gasteiger partial charge in [-0.1, -0.05) is 13.8 Å². The lowest BCUT2D eigenvalue weighted by Crippen LogP contribution is -2.40. The number of carbonyl (C=O) groups is 2. The molecule has 1 aromatic rings. The van der Waals surface area contributed by atoms with Crippen molar-refractivity contribution in [3.63, 3.8) is 0 Å². The Labute approximate surface area is 122 Å². The first kappa shape index (κ1) is 15.3. The molecule has 0 bridgehead atoms. The molecule has 2 rings (SSSR count). The minimum Gasteiger partial charge on any atom is -0.480 e. The molecular weight excluding hydrogens is 272 g/mol. The number of carbonyl (C=O) groups excluding carboxylic acids is 1. The van der Waals surface area contributed by atoms with Crippen molar-refractivity contribution in [2.75, 3.05) is 6.54 Å². The number of hydrogen-bond acceptors (Lipinski definition) is 3. The average Bonchev–Trinajstić information content (AvgIpc) is 2.85. The van der Waals surface area contributed by atoms with E-state index in [1.165, 1.54) is 11.0 Å². The normalized spacial score (nSPS) is 18.2. The average molecular weight is 292 g/mol. The second kappa shape index (κ2) is 6.11. The Hall–Kier alpha value is -2.11. The van der Waals surface area contributed by atoms with Crippen LogP contribution >= 0.6 is 0 Å². The van der Waals surface area contributed by atoms with E-state index < -0.39 is 12.0 Å². The molecule has 0 aliphatic carbocycles. The fourth-order valence-corrected chi connectivity index (χ4v) is 2.71. The van der Waals surface area contributed by atoms with Gasteiger partial charge < -0.3 is 15.0 Å². The first-order valence-corrected chi connectivity index (χ1v) is 7.15. The number of likely N-dealkylation sites (tertiary alicyclic amines) is 1. The molecule has 0 spiro atoms. The number of aromatic amines is 1. The lowest BCUT2D eigenvalue weighted by atomic mass is 10.1. The van der Waals surface area contributed by atoms with Crippen LogP contribution < -0.4 is 5.56 Å². The van der Waals surface area contributed by atoms with E-state index >= 15 is 0 Å². The molecule has 6 heteroatoms. The Morgan fingerprint density at radius 3 is 2.76 bits per heavy atom. The summed E-state index contributed by atoms with van der Waals surface area (Å²) in [6.45, 7) is 4.46. The predicted molar refractivity (Wildman–Crippen MR) is 77.3 cm³/mol. The van der Waals surface area contributed by atoms with Gasteiger partial charge in [0.25, 0.3) is 5.91 Å². The summed E-state index contributed by atoms with van der Waals surface area (Å²) in [6.07, 6.45) is 1.80. The Kier molecular flexibility index (Phi) is 4.45. The van der Waals surface area contributed by atoms with Crippen molar-refractivity contribution in [3.8, 4) is 0 Å². The van der Waals surface area contributed by atoms with Crippen molar-refractivity contribution in [1.82, 2.24) is 9.88 Å². The molecular formula is C15H20N2O4. The standard InChI is InChI=1S/C15H20N2O4/c1-9(2)6-11-7-10(8-13(18)16-11)14(19)17-5-3-4-12(17)15(20)21/h7-9,12H,3-6H2,1-2H3,(H,16,18)(H,20,21). The maximum atomic E-state index is 12.5. The molecule has 2 heterocycles. The van der Waals surface area contributed by atoms with Crippen LogP contribution in [0.25, 0.3) is 0 Å². The van der Waals surface area contributed by atoms with Crippen molar-refractivity contribution in [2.45, 2.75) is 39.2 Å². The molecule has 0 radical (unpaired) electrons. The molecule has 0 saturated carbocycles. The Morgan fingerprint density at radius 2 is 2.14 bits per heavy atom. The number of aromatic nitrogens is 1. The molecule has 1 amide bonds. The topological polar surface area (TPSA) is 90.5 Å². The zero-order valence-electron chi connectivity index (χ0n) is 12.3. The molecule has 1 saturated heterocycles. The van der Waals surface area contributed by atoms with E-state index in [0.717, 1.165) is 0 Å². The van der Waals surface area contributed by atoms with E-state index in [1.807, 2.05) is 13.8 Å². The SMILES string of the molecule is CC(C)Cc1cc(C(=O)N2CCCC2C(=O)O)cc(=O)[nH]1. The monoisotopic (exact) mass is 292 g/mol. The van der Waals surface area contributed by atoms with Gasteiger partial charge in [-0.2, -0.15) is 0 Å². The summed E-state index contributed by atoms with van der Waals surface area (Å²) in [5.41, 5.74) is 0.636. The summed E-state index contributed by atoms with van der Waals surface area (Å²) in [6, 6.07) is 2.11. The molecule has 1 atom stereocenters. The second-order valence-electron chi connectivity index (χ2n) is 5.85. The zero-order valence-corrected chi connectivity index (χ0v) is 12.3. The molecule has 6 nitrogen and oxygen atoms in total. The summed E-state index contributed by atoms with van der Waals surface area (Å²) in [5, 5.41) is 9.15. The predicted octanol–water partition coefficient (Wildman–Crippen LogP) is 1.26. The van der Waals surface area contributed by atoms with Crippen molar-refractivity contribution < 1.29 is 14.7 Å². The van der Waals surface area contributed by atoms with Crippen LogP contribution in [0.4, 0.5) is 0 Å². The van der Waals surface area contributed by atoms with Gasteiger partial charge >= 0.3 is 5.97 Å². The number of rotatable bonds is 4. The van der Waals surface area contributed by atoms with Crippen LogP contribution in [0.2, 0.25) is 0 Å². The van der Waals surface area contributed by atoms with Gasteiger partial charge in [0.2, 0.25) is 5.56 Å². The number of nitrogens with one attached hydrogen (secondary N) is 1. The number of amides is 1. The number of hydrogen-bond donors (Lipinski definition) is 2. The lowest BCUT2D eigenvalue weighted by Gasteiger charge is -2.21. The van der Waals surface area contributed by atoms with E-state index in [2.05, 4.69) is 4.98 Å². The molecule has 21 heavy (non-hydrogen) atoms. The van der Waals surface area contributed by atoms with Gasteiger partial charge in [-0.25, -0.2) is 4.79 Å². The van der Waals surface area contributed by atoms with Crippen LogP contribution in [0.1, 0.15) is 42.7 Å². The highest BCUT2D eigenvalue weighted by Crippen LogP contribution is 2.20. The number of pyridine rings is 1. The summed E-state index contributed by atoms with van der Waals surface area (Å²) >= 11 is 0. The molecule has 0 aromatic carbocycles. The van der Waals surface area contributed by atoms with Gasteiger partial charge in [0.15, 0.2) is 0 Å². The fraction of sp³-hybridized carbons (Fsp3) is 0.533. The summed E-state index contributed by atoms with van der Waals surface area (Å²) in [5.74, 6) is -1.02. The number of H-pyrrole nitrogens is 1. The highest BCUT2D eigenvalue weighted by molar-refractivity contribution is 5.96. The van der Waals surface area contributed by atoms with Crippen molar-refractivity contribution in [3.05, 3.63) is 33.7 Å². The van der Waals surface area contributed by atoms with E-state index in [9.17, 15) is 14.4 Å². The van der Waals surface area contributed by atoms with Crippen LogP contribution in [-0.2, 0) is 11.2 Å². The minimum atomic E-state index is -0.993. The lowest BCUT2D eigenvalue weighted by molar-refractivity contribution is -0.141. The third-order valence-corrected chi connectivity index (χ3v) is 3.57. The van der Waals surface area contributed by atoms with Crippen molar-refractivity contribution >= 4 is 11.9 Å². The van der Waals surface area contributed by atoms with Gasteiger partial charge in [-0.15, -0.1) is 0 Å². The van der Waals surface area contributed by atoms with Gasteiger partial charge in [-0.3, -0.25) is 9.59 Å². The second-order valence-corrected chi connectivity index (χ2v) is 5.85. The first-order valence-electron chi connectivity index (χ1n) is 7.15. The molecule has 1 unspecified atom stereocenters. The maximum absolute atomic E-state index is 12.5. The third kappa shape index (κ3) is 3.51. The number of carboxylic acid groups (broad SMARTS) is 1. The van der Waals surface area contributed by atoms with Crippen LogP contribution in [-0.4, -0.2) is 39.5 Å². The largest absolute Gasteiger partial charge is 0.480 e. The highest BCUT2D eigenvalue weighted by Gasteiger charge is 2.34. The van der Waals surface area contributed by atoms with E-state index in [4.69, 9.17) is 5.11 Å². The quantitative estimate of drug-likeness (QED) is 0.874. The van der Waals surface area contributed by atoms with Gasteiger partial charge in [-0.05, 0) is 31.2 Å². The Balaban J connectivity index is 2.28. The van der Waals surface area contributed by atoms with Crippen LogP contribution in [0.3, 0.4) is 0 Å². The molecule has 2 N–H and O–H groups in total. The van der Waals surface area contributed by atoms with E-state index in [0.29, 0.717) is 37.4 Å². The molecule has 114 valence electrons. The van der Waals surface area contributed by atoms with E-state index in [-0.39, 0.29) is 17.0 Å². The smallest absolute Gasteiger partial charge is 0.326 e. The fourth-order valence-electron chi connectivity index (χ4n) is 2.71. The van der Waals surface area contributed by atoms with Gasteiger partial charge in [0.05, 0.1) is 0 Å². The first-order chi connectivity index (χ1) is 9.88. The van der Waals surface area contributed by atoms with Crippen molar-refractivity contribution in [2.24, 2.45) is 5.92 Å². The zero-order chi connectivity index (χ0) is 15.6.